The first-order chi connectivity index (χ1) is 12.0. The Morgan fingerprint density at radius 1 is 0.840 bits per heavy atom. The monoisotopic (exact) mass is 357 g/mol. The van der Waals surface area contributed by atoms with E-state index >= 15 is 0 Å². The molecule has 25 heavy (non-hydrogen) atoms. The first-order valence-corrected chi connectivity index (χ1v) is 7.96. The molecule has 3 aromatic rings. The maximum atomic E-state index is 13.9. The molecule has 3 rings (SSSR count). The molecular weight excluding hydrogens is 344 g/mol. The minimum atomic E-state index is -1.55. The van der Waals surface area contributed by atoms with Gasteiger partial charge in [-0.2, -0.15) is 0 Å². The summed E-state index contributed by atoms with van der Waals surface area (Å²) in [6.07, 6.45) is 0. The van der Waals surface area contributed by atoms with E-state index in [2.05, 4.69) is 5.32 Å². The third kappa shape index (κ3) is 3.39. The molecule has 0 aliphatic carbocycles. The molecule has 0 fully saturated rings. The van der Waals surface area contributed by atoms with Crippen molar-refractivity contribution in [1.82, 2.24) is 0 Å². The molecule has 0 heterocycles. The van der Waals surface area contributed by atoms with E-state index in [1.807, 2.05) is 12.1 Å². The van der Waals surface area contributed by atoms with Crippen LogP contribution in [0.5, 0.6) is 0 Å². The van der Waals surface area contributed by atoms with Gasteiger partial charge in [0.25, 0.3) is 5.91 Å². The van der Waals surface area contributed by atoms with Crippen LogP contribution >= 0.6 is 11.6 Å². The second kappa shape index (κ2) is 7.03. The molecule has 0 spiro atoms. The Bertz CT molecular complexity index is 845. The van der Waals surface area contributed by atoms with Crippen molar-refractivity contribution in [2.45, 2.75) is 4.87 Å². The fraction of sp³-hybridized carbons (Fsp3) is 0.0500. The van der Waals surface area contributed by atoms with Crippen LogP contribution in [-0.4, -0.2) is 5.91 Å². The average molecular weight is 358 g/mol. The number of hydrogen-bond acceptors (Lipinski definition) is 1. The number of anilines is 1. The molecule has 0 aliphatic heterocycles. The summed E-state index contributed by atoms with van der Waals surface area (Å²) < 4.78 is 27.0. The van der Waals surface area contributed by atoms with Crippen LogP contribution < -0.4 is 5.32 Å². The van der Waals surface area contributed by atoms with E-state index in [1.54, 1.807) is 48.5 Å². The molecule has 1 N–H and O–H groups in total. The van der Waals surface area contributed by atoms with Crippen molar-refractivity contribution >= 4 is 23.2 Å². The van der Waals surface area contributed by atoms with Crippen LogP contribution in [0.2, 0.25) is 0 Å². The summed E-state index contributed by atoms with van der Waals surface area (Å²) in [5, 5.41) is 2.46. The van der Waals surface area contributed by atoms with Crippen LogP contribution in [0, 0.1) is 11.6 Å². The van der Waals surface area contributed by atoms with Gasteiger partial charge in [-0.3, -0.25) is 4.79 Å². The van der Waals surface area contributed by atoms with Crippen LogP contribution in [0.25, 0.3) is 0 Å². The van der Waals surface area contributed by atoms with Gasteiger partial charge in [0.15, 0.2) is 4.87 Å². The smallest absolute Gasteiger partial charge is 0.254 e. The molecule has 126 valence electrons. The maximum absolute atomic E-state index is 13.9. The van der Waals surface area contributed by atoms with Gasteiger partial charge < -0.3 is 5.32 Å². The Kier molecular flexibility index (Phi) is 4.81. The SMILES string of the molecule is O=C(Nc1ccc(F)cc1F)C(Cl)(c1ccccc1)c1ccccc1. The van der Waals surface area contributed by atoms with Crippen molar-refractivity contribution in [3.05, 3.63) is 102 Å². The number of alkyl halides is 1. The molecule has 3 aromatic carbocycles. The number of halogens is 3. The van der Waals surface area contributed by atoms with Crippen molar-refractivity contribution in [2.75, 3.05) is 5.32 Å². The molecule has 5 heteroatoms. The summed E-state index contributed by atoms with van der Waals surface area (Å²) in [6.45, 7) is 0. The Balaban J connectivity index is 2.04. The summed E-state index contributed by atoms with van der Waals surface area (Å²) >= 11 is 6.77. The molecule has 0 radical (unpaired) electrons. The van der Waals surface area contributed by atoms with Gasteiger partial charge in [0, 0.05) is 6.07 Å². The number of amides is 1. The van der Waals surface area contributed by atoms with Gasteiger partial charge in [-0.15, -0.1) is 0 Å². The van der Waals surface area contributed by atoms with Crippen LogP contribution in [0.4, 0.5) is 14.5 Å². The zero-order chi connectivity index (χ0) is 17.9. The van der Waals surface area contributed by atoms with E-state index in [0.29, 0.717) is 17.2 Å². The van der Waals surface area contributed by atoms with Gasteiger partial charge in [0.1, 0.15) is 11.6 Å². The lowest BCUT2D eigenvalue weighted by molar-refractivity contribution is -0.118. The highest BCUT2D eigenvalue weighted by atomic mass is 35.5. The van der Waals surface area contributed by atoms with Crippen LogP contribution in [0.1, 0.15) is 11.1 Å². The van der Waals surface area contributed by atoms with E-state index in [9.17, 15) is 13.6 Å². The van der Waals surface area contributed by atoms with Crippen LogP contribution in [0.15, 0.2) is 78.9 Å². The Hall–Kier alpha value is -2.72. The number of carbonyl (C=O) groups is 1. The molecule has 1 amide bonds. The Morgan fingerprint density at radius 2 is 1.36 bits per heavy atom. The second-order valence-corrected chi connectivity index (χ2v) is 6.04. The van der Waals surface area contributed by atoms with Crippen molar-refractivity contribution in [1.29, 1.82) is 0 Å². The van der Waals surface area contributed by atoms with Gasteiger partial charge in [0.2, 0.25) is 0 Å². The zero-order valence-electron chi connectivity index (χ0n) is 13.0. The largest absolute Gasteiger partial charge is 0.321 e. The fourth-order valence-electron chi connectivity index (χ4n) is 2.56. The molecule has 2 nitrogen and oxygen atoms in total. The normalized spacial score (nSPS) is 11.2. The first-order valence-electron chi connectivity index (χ1n) is 7.58. The van der Waals surface area contributed by atoms with Gasteiger partial charge >= 0.3 is 0 Å². The van der Waals surface area contributed by atoms with Gasteiger partial charge in [-0.1, -0.05) is 72.3 Å². The average Bonchev–Trinajstić information content (AvgIpc) is 2.64. The van der Waals surface area contributed by atoms with Crippen molar-refractivity contribution in [2.24, 2.45) is 0 Å². The quantitative estimate of drug-likeness (QED) is 0.648. The third-order valence-electron chi connectivity index (χ3n) is 3.84. The lowest BCUT2D eigenvalue weighted by Gasteiger charge is -2.27. The van der Waals surface area contributed by atoms with Crippen molar-refractivity contribution in [3.8, 4) is 0 Å². The van der Waals surface area contributed by atoms with E-state index in [1.165, 1.54) is 0 Å². The molecule has 0 saturated heterocycles. The predicted molar refractivity (Wildman–Crippen MR) is 94.5 cm³/mol. The van der Waals surface area contributed by atoms with Gasteiger partial charge in [-0.05, 0) is 23.3 Å². The van der Waals surface area contributed by atoms with Crippen LogP contribution in [-0.2, 0) is 9.67 Å². The highest BCUT2D eigenvalue weighted by Crippen LogP contribution is 2.38. The third-order valence-corrected chi connectivity index (χ3v) is 4.44. The van der Waals surface area contributed by atoms with E-state index in [4.69, 9.17) is 11.6 Å². The summed E-state index contributed by atoms with van der Waals surface area (Å²) in [4.78, 5) is 11.4. The topological polar surface area (TPSA) is 29.1 Å². The standard InChI is InChI=1S/C20H14ClF2NO/c21-20(14-7-3-1-4-8-14,15-9-5-2-6-10-15)19(25)24-18-12-11-16(22)13-17(18)23/h1-13H,(H,24,25). The number of rotatable bonds is 4. The molecule has 0 saturated carbocycles. The second-order valence-electron chi connectivity index (χ2n) is 5.47. The molecule has 0 bridgehead atoms. The van der Waals surface area contributed by atoms with Crippen molar-refractivity contribution in [3.63, 3.8) is 0 Å². The molecule has 0 atom stereocenters. The summed E-state index contributed by atoms with van der Waals surface area (Å²) in [6, 6.07) is 20.5. The molecular formula is C20H14ClF2NO. The maximum Gasteiger partial charge on any atom is 0.254 e. The highest BCUT2D eigenvalue weighted by molar-refractivity contribution is 6.38. The Morgan fingerprint density at radius 3 is 1.84 bits per heavy atom. The number of hydrogen-bond donors (Lipinski definition) is 1. The molecule has 0 aromatic heterocycles. The van der Waals surface area contributed by atoms with Crippen molar-refractivity contribution < 1.29 is 13.6 Å². The van der Waals surface area contributed by atoms with E-state index in [-0.39, 0.29) is 5.69 Å². The summed E-state index contributed by atoms with van der Waals surface area (Å²) in [5.41, 5.74) is 0.953. The lowest BCUT2D eigenvalue weighted by Crippen LogP contribution is -2.36. The van der Waals surface area contributed by atoms with Crippen LogP contribution in [0.3, 0.4) is 0 Å². The van der Waals surface area contributed by atoms with E-state index < -0.39 is 22.4 Å². The minimum absolute atomic E-state index is 0.136. The van der Waals surface area contributed by atoms with E-state index in [0.717, 1.165) is 12.1 Å². The lowest BCUT2D eigenvalue weighted by atomic mass is 9.89. The minimum Gasteiger partial charge on any atom is -0.321 e. The molecule has 0 aliphatic rings. The zero-order valence-corrected chi connectivity index (χ0v) is 13.8. The predicted octanol–water partition coefficient (Wildman–Crippen LogP) is 5.09. The Labute approximate surface area is 149 Å². The molecule has 0 unspecified atom stereocenters. The summed E-state index contributed by atoms with van der Waals surface area (Å²) in [5.74, 6) is -2.22. The number of carbonyl (C=O) groups excluding carboxylic acids is 1. The number of benzene rings is 3. The fourth-order valence-corrected chi connectivity index (χ4v) is 2.86. The first kappa shape index (κ1) is 17.1. The van der Waals surface area contributed by atoms with Gasteiger partial charge in [-0.25, -0.2) is 8.78 Å². The van der Waals surface area contributed by atoms with Gasteiger partial charge in [0.05, 0.1) is 5.69 Å². The summed E-state index contributed by atoms with van der Waals surface area (Å²) in [7, 11) is 0. The highest BCUT2D eigenvalue weighted by Gasteiger charge is 2.40. The number of nitrogens with one attached hydrogen (secondary N) is 1.